The van der Waals surface area contributed by atoms with Gasteiger partial charge in [-0.2, -0.15) is 0 Å². The van der Waals surface area contributed by atoms with E-state index in [1.54, 1.807) is 26.1 Å². The van der Waals surface area contributed by atoms with Gasteiger partial charge in [0.15, 0.2) is 0 Å². The van der Waals surface area contributed by atoms with Crippen LogP contribution in [0.3, 0.4) is 0 Å². The average Bonchev–Trinajstić information content (AvgIpc) is 3.31. The summed E-state index contributed by atoms with van der Waals surface area (Å²) in [6.07, 6.45) is 3.89. The van der Waals surface area contributed by atoms with E-state index in [1.807, 2.05) is 30.6 Å². The van der Waals surface area contributed by atoms with Gasteiger partial charge in [-0.1, -0.05) is 12.1 Å². The van der Waals surface area contributed by atoms with Crippen LogP contribution in [0.5, 0.6) is 5.75 Å². The molecule has 0 radical (unpaired) electrons. The highest BCUT2D eigenvalue weighted by atomic mass is 16.5. The molecule has 1 saturated heterocycles. The number of rotatable bonds is 5. The third-order valence-electron chi connectivity index (χ3n) is 7.05. The number of carbonyl (C=O) groups excluding carboxylic acids is 1. The Bertz CT molecular complexity index is 1420. The molecule has 2 aromatic heterocycles. The van der Waals surface area contributed by atoms with Crippen LogP contribution in [0.2, 0.25) is 0 Å². The number of nitrogens with one attached hydrogen (secondary N) is 1. The van der Waals surface area contributed by atoms with Gasteiger partial charge in [0.2, 0.25) is 0 Å². The molecule has 7 nitrogen and oxygen atoms in total. The predicted octanol–water partition coefficient (Wildman–Crippen LogP) is 4.67. The Hall–Kier alpha value is -3.84. The molecule has 4 aromatic rings. The molecule has 0 saturated carbocycles. The quantitative estimate of drug-likeness (QED) is 0.447. The summed E-state index contributed by atoms with van der Waals surface area (Å²) in [5.74, 6) is 0.469. The highest BCUT2D eigenvalue weighted by Crippen LogP contribution is 2.35. The third-order valence-corrected chi connectivity index (χ3v) is 7.05. The number of hydrogen-bond donors (Lipinski definition) is 1. The fourth-order valence-corrected chi connectivity index (χ4v) is 4.91. The van der Waals surface area contributed by atoms with Crippen LogP contribution in [-0.2, 0) is 0 Å². The van der Waals surface area contributed by atoms with Gasteiger partial charge in [0.25, 0.3) is 5.91 Å². The van der Waals surface area contributed by atoms with Crippen LogP contribution in [-0.4, -0.2) is 80.1 Å². The number of H-pyrrole nitrogens is 1. The molecular formula is C29H33N5O2. The number of hydrogen-bond acceptors (Lipinski definition) is 5. The summed E-state index contributed by atoms with van der Waals surface area (Å²) in [6, 6.07) is 14.6. The molecule has 7 heteroatoms. The van der Waals surface area contributed by atoms with Crippen molar-refractivity contribution in [3.63, 3.8) is 0 Å². The molecule has 0 unspecified atom stereocenters. The summed E-state index contributed by atoms with van der Waals surface area (Å²) < 4.78 is 5.56. The molecule has 1 N–H and O–H groups in total. The number of aromatic nitrogens is 2. The Labute approximate surface area is 212 Å². The van der Waals surface area contributed by atoms with Crippen LogP contribution >= 0.6 is 0 Å². The second-order valence-electron chi connectivity index (χ2n) is 9.73. The average molecular weight is 484 g/mol. The lowest BCUT2D eigenvalue weighted by Gasteiger charge is -2.35. The van der Waals surface area contributed by atoms with Crippen LogP contribution in [0.1, 0.15) is 15.9 Å². The maximum absolute atomic E-state index is 12.5. The van der Waals surface area contributed by atoms with E-state index in [-0.39, 0.29) is 5.91 Å². The van der Waals surface area contributed by atoms with Crippen LogP contribution in [0.4, 0.5) is 5.69 Å². The second-order valence-corrected chi connectivity index (χ2v) is 9.73. The molecule has 0 spiro atoms. The van der Waals surface area contributed by atoms with Gasteiger partial charge in [0, 0.05) is 74.9 Å². The van der Waals surface area contributed by atoms with Crippen molar-refractivity contribution in [3.05, 3.63) is 66.0 Å². The Kier molecular flexibility index (Phi) is 6.41. The van der Waals surface area contributed by atoms with Crippen molar-refractivity contribution < 1.29 is 9.53 Å². The van der Waals surface area contributed by atoms with Crippen molar-refractivity contribution in [2.45, 2.75) is 6.92 Å². The molecule has 5 rings (SSSR count). The summed E-state index contributed by atoms with van der Waals surface area (Å²) in [5.41, 5.74) is 8.16. The molecule has 1 aliphatic heterocycles. The van der Waals surface area contributed by atoms with Crippen LogP contribution in [0, 0.1) is 6.92 Å². The molecule has 2 aromatic carbocycles. The zero-order chi connectivity index (χ0) is 25.4. The van der Waals surface area contributed by atoms with Gasteiger partial charge < -0.3 is 24.4 Å². The lowest BCUT2D eigenvalue weighted by atomic mass is 9.99. The largest absolute Gasteiger partial charge is 0.496 e. The number of aryl methyl sites for hydroxylation is 1. The minimum Gasteiger partial charge on any atom is -0.496 e. The van der Waals surface area contributed by atoms with E-state index >= 15 is 0 Å². The summed E-state index contributed by atoms with van der Waals surface area (Å²) in [4.78, 5) is 26.9. The van der Waals surface area contributed by atoms with E-state index < -0.39 is 0 Å². The zero-order valence-corrected chi connectivity index (χ0v) is 21.6. The summed E-state index contributed by atoms with van der Waals surface area (Å²) in [6.45, 7) is 6.48. The van der Waals surface area contributed by atoms with Gasteiger partial charge in [0.1, 0.15) is 11.4 Å². The van der Waals surface area contributed by atoms with Crippen molar-refractivity contribution in [3.8, 4) is 28.0 Å². The molecule has 1 aliphatic rings. The van der Waals surface area contributed by atoms with Crippen molar-refractivity contribution >= 4 is 22.6 Å². The predicted molar refractivity (Wildman–Crippen MR) is 146 cm³/mol. The minimum absolute atomic E-state index is 0.0864. The van der Waals surface area contributed by atoms with Gasteiger partial charge in [-0.05, 0) is 61.0 Å². The molecule has 186 valence electrons. The first-order chi connectivity index (χ1) is 17.4. The first kappa shape index (κ1) is 23.9. The van der Waals surface area contributed by atoms with Gasteiger partial charge >= 0.3 is 0 Å². The Morgan fingerprint density at radius 1 is 1.00 bits per heavy atom. The van der Waals surface area contributed by atoms with E-state index in [0.717, 1.165) is 59.5 Å². The molecule has 1 fully saturated rings. The van der Waals surface area contributed by atoms with E-state index in [4.69, 9.17) is 9.72 Å². The molecule has 0 aliphatic carbocycles. The Morgan fingerprint density at radius 3 is 2.44 bits per heavy atom. The van der Waals surface area contributed by atoms with Crippen molar-refractivity contribution in [1.82, 2.24) is 19.8 Å². The van der Waals surface area contributed by atoms with Gasteiger partial charge in [-0.15, -0.1) is 0 Å². The molecule has 1 amide bonds. The van der Waals surface area contributed by atoms with Crippen molar-refractivity contribution in [1.29, 1.82) is 0 Å². The number of methoxy groups -OCH3 is 1. The lowest BCUT2D eigenvalue weighted by molar-refractivity contribution is 0.0824. The third kappa shape index (κ3) is 4.42. The fourth-order valence-electron chi connectivity index (χ4n) is 4.91. The molecule has 36 heavy (non-hydrogen) atoms. The number of ether oxygens (including phenoxy) is 1. The number of likely N-dealkylation sites (N-methyl/N-ethyl adjacent to an activating group) is 1. The number of amides is 1. The lowest BCUT2D eigenvalue weighted by Crippen LogP contribution is -2.44. The summed E-state index contributed by atoms with van der Waals surface area (Å²) in [7, 11) is 7.25. The number of aromatic amines is 1. The highest BCUT2D eigenvalue weighted by Gasteiger charge is 2.18. The van der Waals surface area contributed by atoms with Crippen molar-refractivity contribution in [2.24, 2.45) is 0 Å². The summed E-state index contributed by atoms with van der Waals surface area (Å²) in [5, 5.41) is 1.03. The van der Waals surface area contributed by atoms with Gasteiger partial charge in [-0.25, -0.2) is 4.98 Å². The molecule has 0 bridgehead atoms. The Balaban J connectivity index is 1.49. The van der Waals surface area contributed by atoms with Crippen molar-refractivity contribution in [2.75, 3.05) is 59.3 Å². The number of anilines is 1. The first-order valence-electron chi connectivity index (χ1n) is 12.3. The van der Waals surface area contributed by atoms with E-state index in [1.165, 1.54) is 11.3 Å². The van der Waals surface area contributed by atoms with E-state index in [2.05, 4.69) is 53.0 Å². The number of nitrogens with zero attached hydrogens (tertiary/aromatic N) is 4. The molecule has 3 heterocycles. The minimum atomic E-state index is -0.0864. The van der Waals surface area contributed by atoms with E-state index in [0.29, 0.717) is 11.3 Å². The normalized spacial score (nSPS) is 14.3. The number of fused-ring (bicyclic) bond motifs is 1. The van der Waals surface area contributed by atoms with Crippen LogP contribution < -0.4 is 9.64 Å². The fraction of sp³-hybridized carbons (Fsp3) is 0.310. The number of piperazine rings is 1. The highest BCUT2D eigenvalue weighted by molar-refractivity contribution is 6.00. The molecule has 0 atom stereocenters. The topological polar surface area (TPSA) is 64.7 Å². The van der Waals surface area contributed by atoms with Crippen LogP contribution in [0.25, 0.3) is 33.3 Å². The van der Waals surface area contributed by atoms with Gasteiger partial charge in [-0.3, -0.25) is 4.79 Å². The monoisotopic (exact) mass is 483 g/mol. The number of benzene rings is 2. The zero-order valence-electron chi connectivity index (χ0n) is 21.6. The standard InChI is InChI=1S/C29H33N5O2/c1-19-14-20(7-9-26(19)34-12-10-33(4)11-13-34)22-15-24-25(18-31-28(24)30-17-22)21-6-8-23(27(16-21)36-5)29(35)32(2)3/h6-9,14-18H,10-13H2,1-5H3,(H,30,31). The van der Waals surface area contributed by atoms with E-state index in [9.17, 15) is 4.79 Å². The molecular weight excluding hydrogens is 450 g/mol. The number of carbonyl (C=O) groups is 1. The summed E-state index contributed by atoms with van der Waals surface area (Å²) >= 11 is 0. The smallest absolute Gasteiger partial charge is 0.257 e. The van der Waals surface area contributed by atoms with Gasteiger partial charge in [0.05, 0.1) is 12.7 Å². The SMILES string of the molecule is COc1cc(-c2c[nH]c3ncc(-c4ccc(N5CCN(C)CC5)c(C)c4)cc23)ccc1C(=O)N(C)C. The second kappa shape index (κ2) is 9.66. The maximum Gasteiger partial charge on any atom is 0.257 e. The first-order valence-corrected chi connectivity index (χ1v) is 12.3. The number of pyridine rings is 1. The van der Waals surface area contributed by atoms with Crippen LogP contribution in [0.15, 0.2) is 54.9 Å². The maximum atomic E-state index is 12.5. The Morgan fingerprint density at radius 2 is 1.75 bits per heavy atom.